The molecule has 2 aromatic carbocycles. The molecule has 0 aliphatic rings. The van der Waals surface area contributed by atoms with Gasteiger partial charge in [0.2, 0.25) is 0 Å². The van der Waals surface area contributed by atoms with E-state index in [9.17, 15) is 19.1 Å². The first-order chi connectivity index (χ1) is 9.91. The fourth-order valence-electron chi connectivity index (χ4n) is 1.77. The summed E-state index contributed by atoms with van der Waals surface area (Å²) in [5.74, 6) is -3.79. The molecule has 2 rings (SSSR count). The van der Waals surface area contributed by atoms with Gasteiger partial charge < -0.3 is 15.5 Å². The second kappa shape index (κ2) is 5.80. The molecule has 7 heteroatoms. The zero-order valence-corrected chi connectivity index (χ0v) is 11.2. The second-order valence-corrected chi connectivity index (χ2v) is 4.46. The molecule has 0 saturated heterocycles. The molecule has 0 atom stereocenters. The van der Waals surface area contributed by atoms with Crippen LogP contribution in [0.5, 0.6) is 5.75 Å². The Morgan fingerprint density at radius 2 is 1.76 bits per heavy atom. The van der Waals surface area contributed by atoms with Crippen LogP contribution in [0.3, 0.4) is 0 Å². The van der Waals surface area contributed by atoms with Crippen LogP contribution < -0.4 is 5.32 Å². The fourth-order valence-corrected chi connectivity index (χ4v) is 2.02. The lowest BCUT2D eigenvalue weighted by Gasteiger charge is -2.11. The van der Waals surface area contributed by atoms with Gasteiger partial charge in [0.05, 0.1) is 10.7 Å². The molecule has 0 spiro atoms. The minimum absolute atomic E-state index is 0.0712. The Balaban J connectivity index is 2.42. The Kier molecular flexibility index (Phi) is 4.09. The van der Waals surface area contributed by atoms with E-state index in [0.29, 0.717) is 0 Å². The summed E-state index contributed by atoms with van der Waals surface area (Å²) in [4.78, 5) is 23.1. The molecule has 0 bridgehead atoms. The van der Waals surface area contributed by atoms with Crippen LogP contribution in [-0.2, 0) is 0 Å². The van der Waals surface area contributed by atoms with Gasteiger partial charge in [-0.1, -0.05) is 23.7 Å². The number of carboxylic acid groups (broad SMARTS) is 1. The summed E-state index contributed by atoms with van der Waals surface area (Å²) in [6.45, 7) is 0. The Morgan fingerprint density at radius 3 is 2.38 bits per heavy atom. The summed E-state index contributed by atoms with van der Waals surface area (Å²) in [5.41, 5.74) is -0.986. The lowest BCUT2D eigenvalue weighted by atomic mass is 10.1. The fraction of sp³-hybridized carbons (Fsp3) is 0. The van der Waals surface area contributed by atoms with Crippen LogP contribution in [-0.4, -0.2) is 22.1 Å². The topological polar surface area (TPSA) is 86.6 Å². The standard InChI is InChI=1S/C14H9ClFNO4/c15-7-3-1-5-9(11(7)14(20)21)17-13(19)12-8(16)4-2-6-10(12)18/h1-6,18H,(H,17,19)(H,20,21). The van der Waals surface area contributed by atoms with Crippen molar-refractivity contribution in [3.8, 4) is 5.75 Å². The molecule has 21 heavy (non-hydrogen) atoms. The van der Waals surface area contributed by atoms with Gasteiger partial charge in [0, 0.05) is 0 Å². The van der Waals surface area contributed by atoms with Crippen molar-refractivity contribution in [2.24, 2.45) is 0 Å². The predicted molar refractivity (Wildman–Crippen MR) is 74.4 cm³/mol. The van der Waals surface area contributed by atoms with E-state index < -0.39 is 29.0 Å². The highest BCUT2D eigenvalue weighted by molar-refractivity contribution is 6.34. The molecular weight excluding hydrogens is 301 g/mol. The summed E-state index contributed by atoms with van der Waals surface area (Å²) in [5, 5.41) is 20.8. The molecule has 0 aromatic heterocycles. The normalized spacial score (nSPS) is 10.2. The number of benzene rings is 2. The lowest BCUT2D eigenvalue weighted by molar-refractivity contribution is 0.0698. The number of nitrogens with one attached hydrogen (secondary N) is 1. The number of anilines is 1. The van der Waals surface area contributed by atoms with Gasteiger partial charge in [-0.2, -0.15) is 0 Å². The van der Waals surface area contributed by atoms with E-state index in [-0.39, 0.29) is 16.3 Å². The van der Waals surface area contributed by atoms with Crippen molar-refractivity contribution in [1.29, 1.82) is 0 Å². The van der Waals surface area contributed by atoms with Gasteiger partial charge in [-0.3, -0.25) is 4.79 Å². The number of phenolic OH excluding ortho intramolecular Hbond substituents is 1. The highest BCUT2D eigenvalue weighted by Gasteiger charge is 2.20. The number of carbonyl (C=O) groups is 2. The monoisotopic (exact) mass is 309 g/mol. The molecule has 108 valence electrons. The maximum atomic E-state index is 13.6. The molecule has 0 fully saturated rings. The van der Waals surface area contributed by atoms with E-state index in [1.807, 2.05) is 0 Å². The maximum absolute atomic E-state index is 13.6. The number of aromatic carboxylic acids is 1. The summed E-state index contributed by atoms with van der Waals surface area (Å²) < 4.78 is 13.6. The number of rotatable bonds is 3. The van der Waals surface area contributed by atoms with E-state index in [1.165, 1.54) is 24.3 Å². The number of hydrogen-bond donors (Lipinski definition) is 3. The first kappa shape index (κ1) is 14.8. The third-order valence-corrected chi connectivity index (χ3v) is 3.01. The number of aromatic hydroxyl groups is 1. The number of carbonyl (C=O) groups excluding carboxylic acids is 1. The average molecular weight is 310 g/mol. The molecular formula is C14H9ClFNO4. The van der Waals surface area contributed by atoms with Gasteiger partial charge in [0.25, 0.3) is 5.91 Å². The minimum Gasteiger partial charge on any atom is -0.507 e. The van der Waals surface area contributed by atoms with Crippen molar-refractivity contribution in [2.45, 2.75) is 0 Å². The van der Waals surface area contributed by atoms with Crippen molar-refractivity contribution in [3.63, 3.8) is 0 Å². The summed E-state index contributed by atoms with van der Waals surface area (Å²) >= 11 is 5.76. The first-order valence-electron chi connectivity index (χ1n) is 5.72. The van der Waals surface area contributed by atoms with Crippen molar-refractivity contribution in [2.75, 3.05) is 5.32 Å². The van der Waals surface area contributed by atoms with E-state index in [2.05, 4.69) is 5.32 Å². The smallest absolute Gasteiger partial charge is 0.339 e. The van der Waals surface area contributed by atoms with Gasteiger partial charge in [-0.05, 0) is 24.3 Å². The third-order valence-electron chi connectivity index (χ3n) is 2.69. The Hall–Kier alpha value is -2.60. The molecule has 0 unspecified atom stereocenters. The van der Waals surface area contributed by atoms with Crippen LogP contribution in [0.4, 0.5) is 10.1 Å². The van der Waals surface area contributed by atoms with Gasteiger partial charge in [0.1, 0.15) is 22.7 Å². The molecule has 0 heterocycles. The predicted octanol–water partition coefficient (Wildman–Crippen LogP) is 3.14. The molecule has 0 aliphatic carbocycles. The van der Waals surface area contributed by atoms with Crippen molar-refractivity contribution in [3.05, 3.63) is 58.4 Å². The third kappa shape index (κ3) is 2.95. The van der Waals surface area contributed by atoms with E-state index in [4.69, 9.17) is 16.7 Å². The first-order valence-corrected chi connectivity index (χ1v) is 6.10. The van der Waals surface area contributed by atoms with E-state index in [1.54, 1.807) is 0 Å². The molecule has 2 aromatic rings. The largest absolute Gasteiger partial charge is 0.507 e. The average Bonchev–Trinajstić information content (AvgIpc) is 2.37. The number of phenols is 1. The van der Waals surface area contributed by atoms with Gasteiger partial charge in [-0.25, -0.2) is 9.18 Å². The van der Waals surface area contributed by atoms with Gasteiger partial charge in [0.15, 0.2) is 0 Å². The number of amides is 1. The number of carboxylic acids is 1. The molecule has 5 nitrogen and oxygen atoms in total. The Labute approximate surface area is 123 Å². The van der Waals surface area contributed by atoms with Crippen LogP contribution in [0.2, 0.25) is 5.02 Å². The lowest BCUT2D eigenvalue weighted by Crippen LogP contribution is -2.16. The van der Waals surface area contributed by atoms with Crippen molar-refractivity contribution >= 4 is 29.2 Å². The summed E-state index contributed by atoms with van der Waals surface area (Å²) in [6.07, 6.45) is 0. The molecule has 3 N–H and O–H groups in total. The van der Waals surface area contributed by atoms with Crippen molar-refractivity contribution in [1.82, 2.24) is 0 Å². The van der Waals surface area contributed by atoms with Crippen molar-refractivity contribution < 1.29 is 24.2 Å². The molecule has 1 amide bonds. The molecule has 0 saturated carbocycles. The second-order valence-electron chi connectivity index (χ2n) is 4.06. The SMILES string of the molecule is O=C(Nc1cccc(Cl)c1C(=O)O)c1c(O)cccc1F. The number of hydrogen-bond acceptors (Lipinski definition) is 3. The Bertz CT molecular complexity index is 713. The quantitative estimate of drug-likeness (QED) is 0.813. The zero-order chi connectivity index (χ0) is 15.6. The van der Waals surface area contributed by atoms with Crippen LogP contribution in [0.15, 0.2) is 36.4 Å². The van der Waals surface area contributed by atoms with Crippen LogP contribution in [0, 0.1) is 5.82 Å². The highest BCUT2D eigenvalue weighted by Crippen LogP contribution is 2.26. The maximum Gasteiger partial charge on any atom is 0.339 e. The van der Waals surface area contributed by atoms with Gasteiger partial charge >= 0.3 is 5.97 Å². The van der Waals surface area contributed by atoms with Crippen LogP contribution in [0.25, 0.3) is 0 Å². The Morgan fingerprint density at radius 1 is 1.10 bits per heavy atom. The van der Waals surface area contributed by atoms with E-state index in [0.717, 1.165) is 12.1 Å². The molecule has 0 radical (unpaired) electrons. The minimum atomic E-state index is -1.34. The van der Waals surface area contributed by atoms with Crippen LogP contribution >= 0.6 is 11.6 Å². The van der Waals surface area contributed by atoms with Gasteiger partial charge in [-0.15, -0.1) is 0 Å². The summed E-state index contributed by atoms with van der Waals surface area (Å²) in [6, 6.07) is 7.49. The number of halogens is 2. The summed E-state index contributed by atoms with van der Waals surface area (Å²) in [7, 11) is 0. The zero-order valence-electron chi connectivity index (χ0n) is 10.4. The highest BCUT2D eigenvalue weighted by atomic mass is 35.5. The van der Waals surface area contributed by atoms with Crippen LogP contribution in [0.1, 0.15) is 20.7 Å². The van der Waals surface area contributed by atoms with E-state index >= 15 is 0 Å². The molecule has 0 aliphatic heterocycles.